The molecule has 286 valence electrons. The van der Waals surface area contributed by atoms with Crippen LogP contribution in [0.1, 0.15) is 27.8 Å². The van der Waals surface area contributed by atoms with E-state index in [2.05, 4.69) is 66.7 Å². The van der Waals surface area contributed by atoms with Gasteiger partial charge >= 0.3 is 6.18 Å². The van der Waals surface area contributed by atoms with Gasteiger partial charge in [-0.3, -0.25) is 0 Å². The Morgan fingerprint density at radius 3 is 1.47 bits per heavy atom. The molecule has 0 atom stereocenters. The molecule has 0 unspecified atom stereocenters. The molecule has 0 amide bonds. The summed E-state index contributed by atoms with van der Waals surface area (Å²) in [7, 11) is 0. The lowest BCUT2D eigenvalue weighted by molar-refractivity contribution is -0.137. The Hall–Kier alpha value is -7.87. The second-order valence-electron chi connectivity index (χ2n) is 15.3. The van der Waals surface area contributed by atoms with Gasteiger partial charge in [0.2, 0.25) is 0 Å². The van der Waals surface area contributed by atoms with Gasteiger partial charge in [-0.2, -0.15) is 23.7 Å². The predicted octanol–water partition coefficient (Wildman–Crippen LogP) is 14.3. The molecule has 0 saturated carbocycles. The van der Waals surface area contributed by atoms with Crippen LogP contribution >= 0.6 is 0 Å². The fraction of sp³-hybridized carbons (Fsp3) is 0.0566. The molecule has 0 aliphatic carbocycles. The van der Waals surface area contributed by atoms with E-state index in [-0.39, 0.29) is 11.1 Å². The molecule has 0 bridgehead atoms. The Morgan fingerprint density at radius 1 is 0.433 bits per heavy atom. The second-order valence-corrected chi connectivity index (χ2v) is 15.3. The fourth-order valence-electron chi connectivity index (χ4n) is 8.75. The Kier molecular flexibility index (Phi) is 8.45. The van der Waals surface area contributed by atoms with Crippen molar-refractivity contribution < 1.29 is 13.2 Å². The summed E-state index contributed by atoms with van der Waals surface area (Å²) < 4.78 is 48.0. The van der Waals surface area contributed by atoms with Crippen LogP contribution in [0.15, 0.2) is 164 Å². The van der Waals surface area contributed by atoms with Gasteiger partial charge in [-0.05, 0) is 96.3 Å². The van der Waals surface area contributed by atoms with Crippen LogP contribution in [-0.2, 0) is 6.18 Å². The van der Waals surface area contributed by atoms with Crippen molar-refractivity contribution in [2.24, 2.45) is 0 Å². The van der Waals surface area contributed by atoms with Crippen molar-refractivity contribution in [3.8, 4) is 56.9 Å². The molecule has 0 N–H and O–H groups in total. The van der Waals surface area contributed by atoms with Gasteiger partial charge < -0.3 is 9.13 Å². The van der Waals surface area contributed by atoms with Crippen molar-refractivity contribution in [1.29, 1.82) is 10.5 Å². The minimum absolute atomic E-state index is 0.125. The number of halogens is 3. The number of alkyl halides is 3. The summed E-state index contributed by atoms with van der Waals surface area (Å²) in [6, 6.07) is 56.4. The summed E-state index contributed by atoms with van der Waals surface area (Å²) >= 11 is 0. The number of para-hydroxylation sites is 2. The number of fused-ring (bicyclic) bond motifs is 6. The minimum Gasteiger partial charge on any atom is -0.309 e. The molecule has 10 rings (SSSR count). The van der Waals surface area contributed by atoms with Crippen LogP contribution in [0.2, 0.25) is 0 Å². The molecule has 7 heteroatoms. The predicted molar refractivity (Wildman–Crippen MR) is 235 cm³/mol. The van der Waals surface area contributed by atoms with Gasteiger partial charge in [-0.15, -0.1) is 0 Å². The van der Waals surface area contributed by atoms with Crippen molar-refractivity contribution in [1.82, 2.24) is 9.13 Å². The number of hydrogen-bond donors (Lipinski definition) is 0. The van der Waals surface area contributed by atoms with Crippen LogP contribution in [0.25, 0.3) is 88.4 Å². The highest BCUT2D eigenvalue weighted by molar-refractivity contribution is 6.12. The van der Waals surface area contributed by atoms with Gasteiger partial charge in [-0.25, -0.2) is 0 Å². The highest BCUT2D eigenvalue weighted by atomic mass is 19.4. The number of nitriles is 2. The van der Waals surface area contributed by atoms with Crippen LogP contribution in [0.5, 0.6) is 0 Å². The molecule has 60 heavy (non-hydrogen) atoms. The molecule has 0 fully saturated rings. The average Bonchev–Trinajstić information content (AvgIpc) is 3.77. The molecule has 0 aliphatic heterocycles. The van der Waals surface area contributed by atoms with Crippen LogP contribution in [-0.4, -0.2) is 9.13 Å². The smallest absolute Gasteiger partial charge is 0.309 e. The highest BCUT2D eigenvalue weighted by Crippen LogP contribution is 2.43. The van der Waals surface area contributed by atoms with Gasteiger partial charge in [0.1, 0.15) is 6.07 Å². The van der Waals surface area contributed by atoms with Gasteiger partial charge in [0.15, 0.2) is 0 Å². The molecule has 10 aromatic rings. The molecule has 4 nitrogen and oxygen atoms in total. The first kappa shape index (κ1) is 36.5. The maximum absolute atomic E-state index is 14.6. The van der Waals surface area contributed by atoms with Crippen LogP contribution in [0, 0.1) is 36.5 Å². The monoisotopic (exact) mass is 782 g/mol. The van der Waals surface area contributed by atoms with E-state index in [1.807, 2.05) is 108 Å². The molecule has 8 aromatic carbocycles. The third kappa shape index (κ3) is 5.99. The lowest BCUT2D eigenvalue weighted by atomic mass is 9.95. The molecular formula is C53H33F3N4. The average molecular weight is 783 g/mol. The summed E-state index contributed by atoms with van der Waals surface area (Å²) in [5.41, 5.74) is 10.5. The van der Waals surface area contributed by atoms with Crippen LogP contribution in [0.3, 0.4) is 0 Å². The Morgan fingerprint density at radius 2 is 0.950 bits per heavy atom. The van der Waals surface area contributed by atoms with Gasteiger partial charge in [0, 0.05) is 27.1 Å². The van der Waals surface area contributed by atoms with Crippen molar-refractivity contribution >= 4 is 43.6 Å². The highest BCUT2D eigenvalue weighted by Gasteiger charge is 2.32. The number of aromatic nitrogens is 2. The molecule has 0 radical (unpaired) electrons. The first-order chi connectivity index (χ1) is 29.1. The zero-order valence-corrected chi connectivity index (χ0v) is 32.5. The number of aryl methyl sites for hydroxylation is 2. The van der Waals surface area contributed by atoms with Gasteiger partial charge in [0.25, 0.3) is 0 Å². The first-order valence-electron chi connectivity index (χ1n) is 19.5. The summed E-state index contributed by atoms with van der Waals surface area (Å²) in [5.74, 6) is 0. The maximum atomic E-state index is 14.6. The first-order valence-corrected chi connectivity index (χ1v) is 19.5. The Labute approximate surface area is 343 Å². The third-order valence-corrected chi connectivity index (χ3v) is 11.5. The number of benzene rings is 8. The second kappa shape index (κ2) is 13.9. The summed E-state index contributed by atoms with van der Waals surface area (Å²) in [6.45, 7) is 4.09. The van der Waals surface area contributed by atoms with E-state index in [4.69, 9.17) is 0 Å². The molecule has 2 heterocycles. The zero-order valence-electron chi connectivity index (χ0n) is 32.5. The van der Waals surface area contributed by atoms with Crippen molar-refractivity contribution in [3.05, 3.63) is 192 Å². The van der Waals surface area contributed by atoms with Gasteiger partial charge in [-0.1, -0.05) is 120 Å². The van der Waals surface area contributed by atoms with E-state index in [0.29, 0.717) is 22.5 Å². The van der Waals surface area contributed by atoms with Crippen LogP contribution < -0.4 is 0 Å². The van der Waals surface area contributed by atoms with E-state index >= 15 is 0 Å². The lowest BCUT2D eigenvalue weighted by Crippen LogP contribution is -2.07. The Balaban J connectivity index is 1.34. The Bertz CT molecular complexity index is 3480. The lowest BCUT2D eigenvalue weighted by Gasteiger charge is -2.20. The number of hydrogen-bond acceptors (Lipinski definition) is 2. The molecule has 2 aromatic heterocycles. The topological polar surface area (TPSA) is 57.4 Å². The van der Waals surface area contributed by atoms with E-state index in [1.54, 1.807) is 6.07 Å². The molecule has 0 aliphatic rings. The standard InChI is InChI=1S/C53H33F3N4/c1-32-9-7-11-35(21-32)37-17-19-44-42-13-3-5-15-47(42)59(50(44)26-37)49-29-46(39-23-34(30-57)24-41(25-39)53(54,55)56)52(28-40(49)31-58)60-48-16-6-4-14-43(48)45-20-18-38(27-51(45)60)36-12-8-10-33(2)22-36/h3-29H,1-2H3. The van der Waals surface area contributed by atoms with E-state index < -0.39 is 11.7 Å². The normalized spacial score (nSPS) is 11.7. The van der Waals surface area contributed by atoms with Crippen molar-refractivity contribution in [2.45, 2.75) is 20.0 Å². The third-order valence-electron chi connectivity index (χ3n) is 11.5. The van der Waals surface area contributed by atoms with Crippen molar-refractivity contribution in [2.75, 3.05) is 0 Å². The number of rotatable bonds is 5. The van der Waals surface area contributed by atoms with E-state index in [0.717, 1.165) is 89.1 Å². The largest absolute Gasteiger partial charge is 0.416 e. The zero-order chi connectivity index (χ0) is 41.3. The summed E-state index contributed by atoms with van der Waals surface area (Å²) in [6.07, 6.45) is -4.72. The van der Waals surface area contributed by atoms with Crippen molar-refractivity contribution in [3.63, 3.8) is 0 Å². The minimum atomic E-state index is -4.72. The quantitative estimate of drug-likeness (QED) is 0.175. The SMILES string of the molecule is Cc1cccc(-c2ccc3c4ccccc4n(-c4cc(-c5cc(C#N)cc(C(F)(F)F)c5)c(-n5c6ccccc6c6ccc(-c7cccc(C)c7)cc65)cc4C#N)c3c2)c1. The molecular weight excluding hydrogens is 750 g/mol. The summed E-state index contributed by atoms with van der Waals surface area (Å²) in [4.78, 5) is 0. The summed E-state index contributed by atoms with van der Waals surface area (Å²) in [5, 5.41) is 25.0. The molecule has 0 saturated heterocycles. The maximum Gasteiger partial charge on any atom is 0.416 e. The fourth-order valence-corrected chi connectivity index (χ4v) is 8.75. The molecule has 0 spiro atoms. The van der Waals surface area contributed by atoms with E-state index in [1.165, 1.54) is 6.07 Å². The van der Waals surface area contributed by atoms with Crippen LogP contribution in [0.4, 0.5) is 13.2 Å². The van der Waals surface area contributed by atoms with E-state index in [9.17, 15) is 23.7 Å². The number of nitrogens with zero attached hydrogens (tertiary/aromatic N) is 4. The van der Waals surface area contributed by atoms with Gasteiger partial charge in [0.05, 0.1) is 56.2 Å².